The Balaban J connectivity index is 1.40. The fourth-order valence-electron chi connectivity index (χ4n) is 3.23. The van der Waals surface area contributed by atoms with Gasteiger partial charge in [0.25, 0.3) is 5.91 Å². The quantitative estimate of drug-likeness (QED) is 0.281. The van der Waals surface area contributed by atoms with E-state index in [-0.39, 0.29) is 19.8 Å². The highest BCUT2D eigenvalue weighted by Crippen LogP contribution is 2.30. The molecule has 1 unspecified atom stereocenters. The number of nitrogens with one attached hydrogen (secondary N) is 2. The highest BCUT2D eigenvalue weighted by Gasteiger charge is 2.25. The van der Waals surface area contributed by atoms with Crippen molar-refractivity contribution >= 4 is 55.5 Å². The van der Waals surface area contributed by atoms with Gasteiger partial charge in [0, 0.05) is 17.2 Å². The SMILES string of the molecule is O=C(NC(CNC(=O)c1cc2nccc(Br)c2s1)C(=O)OCc1ccccc1)OCc1ccccc1. The van der Waals surface area contributed by atoms with E-state index < -0.39 is 24.0 Å². The molecule has 4 rings (SSSR count). The van der Waals surface area contributed by atoms with E-state index in [2.05, 4.69) is 31.5 Å². The average Bonchev–Trinajstić information content (AvgIpc) is 3.35. The number of ether oxygens (including phenoxy) is 2. The third-order valence-electron chi connectivity index (χ3n) is 5.07. The summed E-state index contributed by atoms with van der Waals surface area (Å²) in [5.74, 6) is -1.10. The first-order valence-corrected chi connectivity index (χ1v) is 12.6. The summed E-state index contributed by atoms with van der Waals surface area (Å²) in [4.78, 5) is 42.7. The van der Waals surface area contributed by atoms with Crippen molar-refractivity contribution in [2.45, 2.75) is 19.3 Å². The van der Waals surface area contributed by atoms with Crippen molar-refractivity contribution in [1.29, 1.82) is 0 Å². The molecule has 0 bridgehead atoms. The Morgan fingerprint density at radius 1 is 0.917 bits per heavy atom. The smallest absolute Gasteiger partial charge is 0.408 e. The van der Waals surface area contributed by atoms with Crippen LogP contribution in [-0.2, 0) is 27.5 Å². The van der Waals surface area contributed by atoms with E-state index >= 15 is 0 Å². The predicted octanol–water partition coefficient (Wildman–Crippen LogP) is 4.83. The number of amides is 2. The van der Waals surface area contributed by atoms with Crippen molar-refractivity contribution in [3.8, 4) is 0 Å². The van der Waals surface area contributed by atoms with E-state index in [4.69, 9.17) is 9.47 Å². The number of benzene rings is 2. The van der Waals surface area contributed by atoms with Crippen LogP contribution in [0.3, 0.4) is 0 Å². The maximum atomic E-state index is 12.8. The number of halogens is 1. The van der Waals surface area contributed by atoms with Gasteiger partial charge in [-0.3, -0.25) is 9.78 Å². The maximum absolute atomic E-state index is 12.8. The van der Waals surface area contributed by atoms with Crippen LogP contribution in [0.15, 0.2) is 83.5 Å². The van der Waals surface area contributed by atoms with Crippen molar-refractivity contribution in [2.75, 3.05) is 6.54 Å². The van der Waals surface area contributed by atoms with Gasteiger partial charge in [0.15, 0.2) is 0 Å². The number of rotatable bonds is 9. The topological polar surface area (TPSA) is 107 Å². The van der Waals surface area contributed by atoms with Crippen LogP contribution in [0.5, 0.6) is 0 Å². The molecular weight excluding hydrogens is 546 g/mol. The molecule has 2 heterocycles. The molecule has 2 N–H and O–H groups in total. The molecule has 184 valence electrons. The molecule has 0 radical (unpaired) electrons. The fourth-order valence-corrected chi connectivity index (χ4v) is 4.73. The number of esters is 1. The maximum Gasteiger partial charge on any atom is 0.408 e. The lowest BCUT2D eigenvalue weighted by Crippen LogP contribution is -2.49. The summed E-state index contributed by atoms with van der Waals surface area (Å²) in [6, 6.07) is 20.6. The molecule has 0 aliphatic rings. The van der Waals surface area contributed by atoms with Gasteiger partial charge >= 0.3 is 12.1 Å². The van der Waals surface area contributed by atoms with Gasteiger partial charge < -0.3 is 20.1 Å². The summed E-state index contributed by atoms with van der Waals surface area (Å²) in [5, 5.41) is 5.19. The number of carbonyl (C=O) groups excluding carboxylic acids is 3. The largest absolute Gasteiger partial charge is 0.459 e. The monoisotopic (exact) mass is 567 g/mol. The molecule has 8 nitrogen and oxygen atoms in total. The lowest BCUT2D eigenvalue weighted by Gasteiger charge is -2.18. The van der Waals surface area contributed by atoms with Gasteiger partial charge in [-0.25, -0.2) is 9.59 Å². The third-order valence-corrected chi connectivity index (χ3v) is 7.15. The fraction of sp³-hybridized carbons (Fsp3) is 0.154. The van der Waals surface area contributed by atoms with Crippen LogP contribution in [0.4, 0.5) is 4.79 Å². The lowest BCUT2D eigenvalue weighted by molar-refractivity contribution is -0.147. The number of hydrogen-bond donors (Lipinski definition) is 2. The van der Waals surface area contributed by atoms with Crippen LogP contribution in [0.2, 0.25) is 0 Å². The molecule has 4 aromatic rings. The van der Waals surface area contributed by atoms with Crippen LogP contribution in [-0.4, -0.2) is 35.5 Å². The highest BCUT2D eigenvalue weighted by atomic mass is 79.9. The second-order valence-electron chi connectivity index (χ2n) is 7.68. The van der Waals surface area contributed by atoms with Gasteiger partial charge in [-0.05, 0) is 39.2 Å². The molecule has 1 atom stereocenters. The van der Waals surface area contributed by atoms with Crippen molar-refractivity contribution in [2.24, 2.45) is 0 Å². The first kappa shape index (κ1) is 25.3. The number of thiophene rings is 1. The van der Waals surface area contributed by atoms with E-state index in [1.807, 2.05) is 60.7 Å². The van der Waals surface area contributed by atoms with Crippen LogP contribution >= 0.6 is 27.3 Å². The predicted molar refractivity (Wildman–Crippen MR) is 139 cm³/mol. The molecule has 0 saturated carbocycles. The highest BCUT2D eigenvalue weighted by molar-refractivity contribution is 9.10. The third kappa shape index (κ3) is 6.89. The summed E-state index contributed by atoms with van der Waals surface area (Å²) >= 11 is 4.72. The standard InChI is InChI=1S/C26H22BrN3O5S/c27-19-11-12-28-20-13-22(36-23(19)20)24(31)29-14-21(25(32)34-15-17-7-3-1-4-8-17)30-26(33)35-16-18-9-5-2-6-10-18/h1-13,21H,14-16H2,(H,29,31)(H,30,33). The molecule has 0 saturated heterocycles. The molecule has 2 amide bonds. The molecule has 0 aliphatic heterocycles. The van der Waals surface area contributed by atoms with Crippen molar-refractivity contribution < 1.29 is 23.9 Å². The van der Waals surface area contributed by atoms with Crippen molar-refractivity contribution in [1.82, 2.24) is 15.6 Å². The van der Waals surface area contributed by atoms with Crippen LogP contribution < -0.4 is 10.6 Å². The Kier molecular flexibility index (Phi) is 8.64. The molecule has 0 aliphatic carbocycles. The summed E-state index contributed by atoms with van der Waals surface area (Å²) in [5.41, 5.74) is 2.28. The zero-order chi connectivity index (χ0) is 25.3. The van der Waals surface area contributed by atoms with Gasteiger partial charge in [0.1, 0.15) is 19.3 Å². The van der Waals surface area contributed by atoms with Crippen molar-refractivity contribution in [3.63, 3.8) is 0 Å². The number of fused-ring (bicyclic) bond motifs is 1. The van der Waals surface area contributed by atoms with Crippen LogP contribution in [0, 0.1) is 0 Å². The first-order chi connectivity index (χ1) is 17.5. The number of hydrogen-bond acceptors (Lipinski definition) is 7. The Bertz CT molecular complexity index is 1350. The minimum Gasteiger partial charge on any atom is -0.459 e. The van der Waals surface area contributed by atoms with Gasteiger partial charge in [0.05, 0.1) is 15.1 Å². The van der Waals surface area contributed by atoms with Crippen LogP contribution in [0.1, 0.15) is 20.8 Å². The molecule has 0 spiro atoms. The number of alkyl carbamates (subject to hydrolysis) is 1. The van der Waals surface area contributed by atoms with Gasteiger partial charge in [-0.1, -0.05) is 60.7 Å². The summed E-state index contributed by atoms with van der Waals surface area (Å²) < 4.78 is 12.3. The first-order valence-electron chi connectivity index (χ1n) is 11.0. The van der Waals surface area contributed by atoms with E-state index in [1.165, 1.54) is 11.3 Å². The zero-order valence-corrected chi connectivity index (χ0v) is 21.4. The van der Waals surface area contributed by atoms with Gasteiger partial charge in [-0.15, -0.1) is 11.3 Å². The summed E-state index contributed by atoms with van der Waals surface area (Å²) in [6.07, 6.45) is 0.842. The minimum atomic E-state index is -1.15. The minimum absolute atomic E-state index is 0.0286. The number of nitrogens with zero attached hydrogens (tertiary/aromatic N) is 1. The summed E-state index contributed by atoms with van der Waals surface area (Å²) in [6.45, 7) is -0.120. The Morgan fingerprint density at radius 2 is 1.56 bits per heavy atom. The number of pyridine rings is 1. The van der Waals surface area contributed by atoms with E-state index in [1.54, 1.807) is 18.3 Å². The van der Waals surface area contributed by atoms with Gasteiger partial charge in [-0.2, -0.15) is 0 Å². The van der Waals surface area contributed by atoms with E-state index in [9.17, 15) is 14.4 Å². The molecular formula is C26H22BrN3O5S. The molecule has 36 heavy (non-hydrogen) atoms. The average molecular weight is 568 g/mol. The molecule has 2 aromatic carbocycles. The summed E-state index contributed by atoms with van der Waals surface area (Å²) in [7, 11) is 0. The molecule has 0 fully saturated rings. The van der Waals surface area contributed by atoms with Crippen molar-refractivity contribution in [3.05, 3.63) is 99.5 Å². The van der Waals surface area contributed by atoms with Gasteiger partial charge in [0.2, 0.25) is 0 Å². The normalized spacial score (nSPS) is 11.5. The Morgan fingerprint density at radius 3 is 2.19 bits per heavy atom. The zero-order valence-electron chi connectivity index (χ0n) is 19.0. The molecule has 2 aromatic heterocycles. The van der Waals surface area contributed by atoms with E-state index in [0.29, 0.717) is 10.4 Å². The Hall–Kier alpha value is -3.76. The number of aromatic nitrogens is 1. The van der Waals surface area contributed by atoms with Crippen LogP contribution in [0.25, 0.3) is 10.2 Å². The molecule has 10 heteroatoms. The second kappa shape index (κ2) is 12.3. The lowest BCUT2D eigenvalue weighted by atomic mass is 10.2. The number of carbonyl (C=O) groups is 3. The Labute approximate surface area is 219 Å². The van der Waals surface area contributed by atoms with E-state index in [0.717, 1.165) is 20.3 Å². The second-order valence-corrected chi connectivity index (χ2v) is 9.59.